The Hall–Kier alpha value is -3.69. The number of amides is 3. The summed E-state index contributed by atoms with van der Waals surface area (Å²) in [7, 11) is 9.43. The summed E-state index contributed by atoms with van der Waals surface area (Å²) < 4.78 is 0. The molecule has 8 nitrogen and oxygen atoms in total. The zero-order valence-corrected chi connectivity index (χ0v) is 20.5. The third-order valence-electron chi connectivity index (χ3n) is 5.34. The van der Waals surface area contributed by atoms with Crippen LogP contribution in [0, 0.1) is 0 Å². The molecule has 0 saturated heterocycles. The van der Waals surface area contributed by atoms with E-state index in [1.165, 1.54) is 12.3 Å². The normalized spacial score (nSPS) is 10.7. The van der Waals surface area contributed by atoms with E-state index in [0.717, 1.165) is 6.54 Å². The maximum absolute atomic E-state index is 12.9. The van der Waals surface area contributed by atoms with Crippen LogP contribution in [0.2, 0.25) is 5.02 Å². The lowest BCUT2D eigenvalue weighted by molar-refractivity contribution is -0.119. The zero-order valence-electron chi connectivity index (χ0n) is 19.7. The standard InChI is InChI=1S/C25H25BClN5O3/c1-4-31(2)15-23(33)32(3)19-9-5-16(6-10-19)24(34)29-21-11-7-17(26)13-20(21)25(35)30-22-12-8-18(27)14-28-22/h5-14H,4,15H2,1-3H3,(H,29,34)(H,28,30,35). The second-order valence-corrected chi connectivity index (χ2v) is 8.34. The largest absolute Gasteiger partial charge is 0.321 e. The van der Waals surface area contributed by atoms with Crippen LogP contribution >= 0.6 is 11.6 Å². The van der Waals surface area contributed by atoms with Crippen LogP contribution < -0.4 is 21.0 Å². The van der Waals surface area contributed by atoms with Crippen molar-refractivity contribution < 1.29 is 14.4 Å². The molecule has 0 aliphatic heterocycles. The molecule has 178 valence electrons. The number of nitrogens with zero attached hydrogens (tertiary/aromatic N) is 3. The van der Waals surface area contributed by atoms with Crippen molar-refractivity contribution in [3.05, 3.63) is 76.9 Å². The molecule has 3 aromatic rings. The van der Waals surface area contributed by atoms with Gasteiger partial charge in [0.2, 0.25) is 5.91 Å². The van der Waals surface area contributed by atoms with Gasteiger partial charge in [-0.05, 0) is 56.1 Å². The van der Waals surface area contributed by atoms with Crippen molar-refractivity contribution in [1.29, 1.82) is 0 Å². The van der Waals surface area contributed by atoms with Crippen LogP contribution in [0.15, 0.2) is 60.8 Å². The highest BCUT2D eigenvalue weighted by Crippen LogP contribution is 2.19. The quantitative estimate of drug-likeness (QED) is 0.475. The van der Waals surface area contributed by atoms with E-state index in [1.807, 2.05) is 18.9 Å². The molecule has 2 radical (unpaired) electrons. The number of likely N-dealkylation sites (N-methyl/N-ethyl adjacent to an activating group) is 2. The van der Waals surface area contributed by atoms with Gasteiger partial charge in [-0.15, -0.1) is 0 Å². The topological polar surface area (TPSA) is 94.6 Å². The molecule has 0 saturated carbocycles. The number of rotatable bonds is 8. The molecule has 0 fully saturated rings. The third kappa shape index (κ3) is 6.91. The summed E-state index contributed by atoms with van der Waals surface area (Å²) in [6.45, 7) is 3.04. The monoisotopic (exact) mass is 489 g/mol. The molecule has 35 heavy (non-hydrogen) atoms. The Labute approximate surface area is 210 Å². The van der Waals surface area contributed by atoms with Crippen molar-refractivity contribution in [2.45, 2.75) is 6.92 Å². The van der Waals surface area contributed by atoms with E-state index >= 15 is 0 Å². The minimum Gasteiger partial charge on any atom is -0.321 e. The van der Waals surface area contributed by atoms with Crippen LogP contribution in [0.5, 0.6) is 0 Å². The van der Waals surface area contributed by atoms with Crippen molar-refractivity contribution >= 4 is 59.8 Å². The highest BCUT2D eigenvalue weighted by atomic mass is 35.5. The van der Waals surface area contributed by atoms with E-state index in [0.29, 0.717) is 34.1 Å². The van der Waals surface area contributed by atoms with Gasteiger partial charge in [0.25, 0.3) is 11.8 Å². The second-order valence-electron chi connectivity index (χ2n) is 7.90. The van der Waals surface area contributed by atoms with Crippen LogP contribution in [0.25, 0.3) is 0 Å². The number of hydrogen-bond donors (Lipinski definition) is 2. The highest BCUT2D eigenvalue weighted by Gasteiger charge is 2.17. The van der Waals surface area contributed by atoms with Gasteiger partial charge in [-0.3, -0.25) is 19.3 Å². The summed E-state index contributed by atoms with van der Waals surface area (Å²) in [6.07, 6.45) is 1.41. The lowest BCUT2D eigenvalue weighted by Gasteiger charge is -2.21. The Morgan fingerprint density at radius 2 is 1.69 bits per heavy atom. The predicted molar refractivity (Wildman–Crippen MR) is 140 cm³/mol. The van der Waals surface area contributed by atoms with Gasteiger partial charge in [0.05, 0.1) is 22.8 Å². The number of hydrogen-bond acceptors (Lipinski definition) is 5. The van der Waals surface area contributed by atoms with E-state index in [9.17, 15) is 14.4 Å². The van der Waals surface area contributed by atoms with Crippen LogP contribution in [0.3, 0.4) is 0 Å². The molecule has 0 spiro atoms. The number of carbonyl (C=O) groups excluding carboxylic acids is 3. The van der Waals surface area contributed by atoms with E-state index in [1.54, 1.807) is 60.5 Å². The maximum atomic E-state index is 12.9. The van der Waals surface area contributed by atoms with Gasteiger partial charge in [-0.1, -0.05) is 36.1 Å². The molecule has 3 rings (SSSR count). The molecular weight excluding hydrogens is 465 g/mol. The molecule has 2 N–H and O–H groups in total. The predicted octanol–water partition coefficient (Wildman–Crippen LogP) is 2.95. The molecular formula is C25H25BClN5O3. The first-order chi connectivity index (χ1) is 16.7. The summed E-state index contributed by atoms with van der Waals surface area (Å²) in [5.41, 5.74) is 1.86. The smallest absolute Gasteiger partial charge is 0.258 e. The average molecular weight is 490 g/mol. The summed E-state index contributed by atoms with van der Waals surface area (Å²) in [5.74, 6) is -0.660. The number of benzene rings is 2. The number of carbonyl (C=O) groups is 3. The fraction of sp³-hybridized carbons (Fsp3) is 0.200. The second kappa shape index (κ2) is 11.6. The minimum atomic E-state index is -0.491. The number of aromatic nitrogens is 1. The Kier molecular flexibility index (Phi) is 8.62. The van der Waals surface area contributed by atoms with Crippen LogP contribution in [0.4, 0.5) is 17.2 Å². The number of nitrogens with one attached hydrogen (secondary N) is 2. The van der Waals surface area contributed by atoms with Crippen molar-refractivity contribution in [1.82, 2.24) is 9.88 Å². The SMILES string of the molecule is [B]c1ccc(NC(=O)c2ccc(N(C)C(=O)CN(C)CC)cc2)c(C(=O)Nc2ccc(Cl)cn2)c1. The van der Waals surface area contributed by atoms with Crippen LogP contribution in [-0.2, 0) is 4.79 Å². The summed E-state index contributed by atoms with van der Waals surface area (Å²) in [5, 5.41) is 5.85. The molecule has 10 heteroatoms. The molecule has 0 unspecified atom stereocenters. The average Bonchev–Trinajstić information content (AvgIpc) is 2.85. The molecule has 0 atom stereocenters. The van der Waals surface area contributed by atoms with Crippen molar-refractivity contribution in [3.8, 4) is 0 Å². The van der Waals surface area contributed by atoms with Crippen LogP contribution in [0.1, 0.15) is 27.6 Å². The molecule has 2 aromatic carbocycles. The van der Waals surface area contributed by atoms with Gasteiger partial charge < -0.3 is 15.5 Å². The Morgan fingerprint density at radius 3 is 2.31 bits per heavy atom. The first kappa shape index (κ1) is 25.9. The van der Waals surface area contributed by atoms with Crippen molar-refractivity contribution in [3.63, 3.8) is 0 Å². The maximum Gasteiger partial charge on any atom is 0.258 e. The number of halogens is 1. The van der Waals surface area contributed by atoms with Gasteiger partial charge in [0, 0.05) is 24.5 Å². The molecule has 3 amide bonds. The Morgan fingerprint density at radius 1 is 0.971 bits per heavy atom. The number of pyridine rings is 1. The van der Waals surface area contributed by atoms with E-state index in [2.05, 4.69) is 15.6 Å². The summed E-state index contributed by atoms with van der Waals surface area (Å²) in [6, 6.07) is 14.4. The van der Waals surface area contributed by atoms with Gasteiger partial charge in [-0.2, -0.15) is 0 Å². The fourth-order valence-electron chi connectivity index (χ4n) is 3.12. The van der Waals surface area contributed by atoms with Crippen molar-refractivity contribution in [2.75, 3.05) is 42.7 Å². The fourth-order valence-corrected chi connectivity index (χ4v) is 3.23. The van der Waals surface area contributed by atoms with Crippen LogP contribution in [-0.4, -0.2) is 62.6 Å². The zero-order chi connectivity index (χ0) is 25.5. The first-order valence-corrected chi connectivity index (χ1v) is 11.2. The number of anilines is 3. The third-order valence-corrected chi connectivity index (χ3v) is 5.56. The molecule has 1 aromatic heterocycles. The van der Waals surface area contributed by atoms with Gasteiger partial charge in [-0.25, -0.2) is 4.98 Å². The van der Waals surface area contributed by atoms with Gasteiger partial charge in [0.15, 0.2) is 0 Å². The summed E-state index contributed by atoms with van der Waals surface area (Å²) >= 11 is 5.83. The van der Waals surface area contributed by atoms with E-state index in [-0.39, 0.29) is 17.2 Å². The Balaban J connectivity index is 1.73. The summed E-state index contributed by atoms with van der Waals surface area (Å²) in [4.78, 5) is 45.6. The van der Waals surface area contributed by atoms with Gasteiger partial charge >= 0.3 is 0 Å². The lowest BCUT2D eigenvalue weighted by atomic mass is 9.93. The molecule has 0 aliphatic carbocycles. The molecule has 1 heterocycles. The van der Waals surface area contributed by atoms with Crippen molar-refractivity contribution in [2.24, 2.45) is 0 Å². The highest BCUT2D eigenvalue weighted by molar-refractivity contribution is 6.33. The first-order valence-electron chi connectivity index (χ1n) is 10.9. The molecule has 0 bridgehead atoms. The molecule has 0 aliphatic rings. The van der Waals surface area contributed by atoms with E-state index in [4.69, 9.17) is 19.4 Å². The minimum absolute atomic E-state index is 0.0562. The van der Waals surface area contributed by atoms with Gasteiger partial charge in [0.1, 0.15) is 13.7 Å². The van der Waals surface area contributed by atoms with E-state index < -0.39 is 11.8 Å². The lowest BCUT2D eigenvalue weighted by Crippen LogP contribution is -2.36. The Bertz CT molecular complexity index is 1220.